The zero-order chi connectivity index (χ0) is 25.9. The molecule has 0 aliphatic rings. The van der Waals surface area contributed by atoms with Gasteiger partial charge in [0.1, 0.15) is 11.6 Å². The zero-order valence-corrected chi connectivity index (χ0v) is 19.3. The molecule has 0 heterocycles. The van der Waals surface area contributed by atoms with Gasteiger partial charge in [0.05, 0.1) is 5.56 Å². The summed E-state index contributed by atoms with van der Waals surface area (Å²) >= 11 is 0. The summed E-state index contributed by atoms with van der Waals surface area (Å²) in [6.07, 6.45) is -1.80. The molecule has 0 unspecified atom stereocenters. The zero-order valence-electron chi connectivity index (χ0n) is 19.3. The molecule has 186 valence electrons. The van der Waals surface area contributed by atoms with Crippen LogP contribution in [-0.4, -0.2) is 6.36 Å². The number of halogens is 6. The standard InChI is InChI=1S/C29H22F6O/c1-2-3-4-18-5-7-19(8-6-18)20-9-11-21(12-10-20)23-16-25(31)28(26(32)17-23)22-13-14-27(24(30)15-22)36-29(33,34)35/h5-17H,2-4H2,1H3. The largest absolute Gasteiger partial charge is 0.573 e. The van der Waals surface area contributed by atoms with Gasteiger partial charge in [0.2, 0.25) is 0 Å². The van der Waals surface area contributed by atoms with Gasteiger partial charge in [0.25, 0.3) is 0 Å². The number of hydrogen-bond donors (Lipinski definition) is 0. The molecular weight excluding hydrogens is 478 g/mol. The molecule has 36 heavy (non-hydrogen) atoms. The first-order chi connectivity index (χ1) is 17.1. The lowest BCUT2D eigenvalue weighted by molar-refractivity contribution is -0.275. The normalized spacial score (nSPS) is 11.5. The predicted octanol–water partition coefficient (Wildman–Crippen LogP) is 9.35. The van der Waals surface area contributed by atoms with Crippen molar-refractivity contribution in [2.75, 3.05) is 0 Å². The highest BCUT2D eigenvalue weighted by atomic mass is 19.4. The summed E-state index contributed by atoms with van der Waals surface area (Å²) in [7, 11) is 0. The van der Waals surface area contributed by atoms with E-state index in [1.54, 1.807) is 12.1 Å². The fourth-order valence-corrected chi connectivity index (χ4v) is 3.98. The number of ether oxygens (including phenoxy) is 1. The maximum absolute atomic E-state index is 14.9. The first-order valence-corrected chi connectivity index (χ1v) is 11.4. The van der Waals surface area contributed by atoms with Crippen LogP contribution >= 0.6 is 0 Å². The number of hydrogen-bond acceptors (Lipinski definition) is 1. The summed E-state index contributed by atoms with van der Waals surface area (Å²) in [6.45, 7) is 2.15. The summed E-state index contributed by atoms with van der Waals surface area (Å²) in [5, 5.41) is 0. The summed E-state index contributed by atoms with van der Waals surface area (Å²) in [5.74, 6) is -4.41. The van der Waals surface area contributed by atoms with Crippen LogP contribution in [-0.2, 0) is 6.42 Å². The number of alkyl halides is 3. The summed E-state index contributed by atoms with van der Waals surface area (Å²) in [5.41, 5.74) is 3.29. The molecule has 0 aliphatic heterocycles. The van der Waals surface area contributed by atoms with Gasteiger partial charge in [0.15, 0.2) is 11.6 Å². The first-order valence-electron chi connectivity index (χ1n) is 11.4. The minimum Gasteiger partial charge on any atom is -0.403 e. The monoisotopic (exact) mass is 500 g/mol. The summed E-state index contributed by atoms with van der Waals surface area (Å²) < 4.78 is 84.4. The molecular formula is C29H22F6O. The molecule has 0 fully saturated rings. The van der Waals surface area contributed by atoms with Crippen LogP contribution in [0.4, 0.5) is 26.3 Å². The van der Waals surface area contributed by atoms with Crippen LogP contribution in [0.2, 0.25) is 0 Å². The molecule has 0 amide bonds. The summed E-state index contributed by atoms with van der Waals surface area (Å²) in [4.78, 5) is 0. The molecule has 1 nitrogen and oxygen atoms in total. The van der Waals surface area contributed by atoms with Crippen LogP contribution in [0.1, 0.15) is 25.3 Å². The van der Waals surface area contributed by atoms with Gasteiger partial charge in [-0.25, -0.2) is 13.2 Å². The Hall–Kier alpha value is -3.74. The van der Waals surface area contributed by atoms with Gasteiger partial charge in [-0.1, -0.05) is 67.9 Å². The van der Waals surface area contributed by atoms with Crippen molar-refractivity contribution >= 4 is 0 Å². The topological polar surface area (TPSA) is 9.23 Å². The van der Waals surface area contributed by atoms with Crippen molar-refractivity contribution in [2.45, 2.75) is 32.5 Å². The Morgan fingerprint density at radius 3 is 1.58 bits per heavy atom. The van der Waals surface area contributed by atoms with Crippen LogP contribution < -0.4 is 4.74 Å². The third-order valence-electron chi connectivity index (χ3n) is 5.81. The van der Waals surface area contributed by atoms with Crippen molar-refractivity contribution < 1.29 is 31.1 Å². The van der Waals surface area contributed by atoms with E-state index in [0.29, 0.717) is 17.7 Å². The molecule has 0 bridgehead atoms. The highest BCUT2D eigenvalue weighted by molar-refractivity contribution is 5.74. The maximum atomic E-state index is 14.9. The number of rotatable bonds is 7. The van der Waals surface area contributed by atoms with Gasteiger partial charge in [-0.05, 0) is 70.5 Å². The van der Waals surface area contributed by atoms with Gasteiger partial charge in [-0.15, -0.1) is 13.2 Å². The molecule has 4 aromatic carbocycles. The van der Waals surface area contributed by atoms with Gasteiger partial charge in [0, 0.05) is 0 Å². The second kappa shape index (κ2) is 10.5. The van der Waals surface area contributed by atoms with Crippen LogP contribution in [0.15, 0.2) is 78.9 Å². The fourth-order valence-electron chi connectivity index (χ4n) is 3.98. The van der Waals surface area contributed by atoms with E-state index < -0.39 is 35.1 Å². The molecule has 0 radical (unpaired) electrons. The van der Waals surface area contributed by atoms with Crippen molar-refractivity contribution in [3.05, 3.63) is 102 Å². The second-order valence-corrected chi connectivity index (χ2v) is 8.39. The molecule has 0 N–H and O–H groups in total. The Balaban J connectivity index is 1.57. The van der Waals surface area contributed by atoms with Crippen LogP contribution in [0.5, 0.6) is 5.75 Å². The molecule has 4 rings (SSSR count). The Morgan fingerprint density at radius 2 is 1.08 bits per heavy atom. The van der Waals surface area contributed by atoms with Crippen LogP contribution in [0, 0.1) is 17.5 Å². The van der Waals surface area contributed by atoms with E-state index in [2.05, 4.69) is 23.8 Å². The van der Waals surface area contributed by atoms with E-state index in [1.807, 2.05) is 24.3 Å². The summed E-state index contributed by atoms with van der Waals surface area (Å²) in [6, 6.07) is 19.9. The Labute approximate surface area is 205 Å². The van der Waals surface area contributed by atoms with Gasteiger partial charge < -0.3 is 4.74 Å². The van der Waals surface area contributed by atoms with Crippen molar-refractivity contribution in [1.82, 2.24) is 0 Å². The van der Waals surface area contributed by atoms with E-state index in [-0.39, 0.29) is 11.1 Å². The number of benzene rings is 4. The van der Waals surface area contributed by atoms with E-state index >= 15 is 0 Å². The van der Waals surface area contributed by atoms with E-state index in [1.165, 1.54) is 5.56 Å². The van der Waals surface area contributed by atoms with Crippen molar-refractivity contribution in [2.24, 2.45) is 0 Å². The van der Waals surface area contributed by atoms with E-state index in [0.717, 1.165) is 48.6 Å². The smallest absolute Gasteiger partial charge is 0.403 e. The second-order valence-electron chi connectivity index (χ2n) is 8.39. The van der Waals surface area contributed by atoms with Crippen LogP contribution in [0.3, 0.4) is 0 Å². The first kappa shape index (κ1) is 25.4. The van der Waals surface area contributed by atoms with Gasteiger partial charge in [-0.3, -0.25) is 0 Å². The highest BCUT2D eigenvalue weighted by Crippen LogP contribution is 2.35. The molecule has 0 spiro atoms. The average molecular weight is 500 g/mol. The molecule has 0 saturated heterocycles. The van der Waals surface area contributed by atoms with Crippen molar-refractivity contribution in [3.63, 3.8) is 0 Å². The SMILES string of the molecule is CCCCc1ccc(-c2ccc(-c3cc(F)c(-c4ccc(OC(F)(F)F)c(F)c4)c(F)c3)cc2)cc1. The van der Waals surface area contributed by atoms with Gasteiger partial charge in [-0.2, -0.15) is 0 Å². The van der Waals surface area contributed by atoms with Crippen molar-refractivity contribution in [1.29, 1.82) is 0 Å². The third kappa shape index (κ3) is 5.90. The lowest BCUT2D eigenvalue weighted by atomic mass is 9.96. The van der Waals surface area contributed by atoms with Gasteiger partial charge >= 0.3 is 6.36 Å². The quantitative estimate of drug-likeness (QED) is 0.230. The number of unbranched alkanes of at least 4 members (excludes halogenated alkanes) is 1. The number of aryl methyl sites for hydroxylation is 1. The molecule has 0 saturated carbocycles. The van der Waals surface area contributed by atoms with E-state index in [9.17, 15) is 26.3 Å². The minimum absolute atomic E-state index is 0.249. The lowest BCUT2D eigenvalue weighted by Crippen LogP contribution is -2.17. The lowest BCUT2D eigenvalue weighted by Gasteiger charge is -2.12. The predicted molar refractivity (Wildman–Crippen MR) is 128 cm³/mol. The van der Waals surface area contributed by atoms with E-state index in [4.69, 9.17) is 0 Å². The third-order valence-corrected chi connectivity index (χ3v) is 5.81. The van der Waals surface area contributed by atoms with Crippen molar-refractivity contribution in [3.8, 4) is 39.1 Å². The molecule has 4 aromatic rings. The highest BCUT2D eigenvalue weighted by Gasteiger charge is 2.32. The Kier molecular flexibility index (Phi) is 7.38. The molecule has 0 atom stereocenters. The van der Waals surface area contributed by atoms with Crippen LogP contribution in [0.25, 0.3) is 33.4 Å². The Morgan fingerprint density at radius 1 is 0.611 bits per heavy atom. The Bertz CT molecular complexity index is 1320. The average Bonchev–Trinajstić information content (AvgIpc) is 2.83. The fraction of sp³-hybridized carbons (Fsp3) is 0.172. The molecule has 0 aliphatic carbocycles. The minimum atomic E-state index is -5.09. The maximum Gasteiger partial charge on any atom is 0.573 e. The molecule has 7 heteroatoms. The molecule has 0 aromatic heterocycles.